The summed E-state index contributed by atoms with van der Waals surface area (Å²) in [6.45, 7) is 6.96. The molecule has 0 saturated heterocycles. The fourth-order valence-electron chi connectivity index (χ4n) is 2.38. The number of nitrogens with one attached hydrogen (secondary N) is 1. The molecule has 2 aromatic carbocycles. The number of hydrogen-bond donors (Lipinski definition) is 1. The Morgan fingerprint density at radius 2 is 1.86 bits per heavy atom. The van der Waals surface area contributed by atoms with Crippen LogP contribution in [0.1, 0.15) is 37.9 Å². The molecule has 2 aromatic rings. The Balaban J connectivity index is 2.35. The van der Waals surface area contributed by atoms with Crippen molar-refractivity contribution in [1.29, 1.82) is 0 Å². The largest absolute Gasteiger partial charge is 0.457 e. The van der Waals surface area contributed by atoms with Crippen LogP contribution in [0.5, 0.6) is 11.5 Å². The van der Waals surface area contributed by atoms with Gasteiger partial charge < -0.3 is 10.1 Å². The van der Waals surface area contributed by atoms with Gasteiger partial charge >= 0.3 is 0 Å². The molecular weight excluding hydrogens is 265 g/mol. The van der Waals surface area contributed by atoms with Crippen LogP contribution in [0.4, 0.5) is 4.39 Å². The summed E-state index contributed by atoms with van der Waals surface area (Å²) in [6.07, 6.45) is 0.898. The molecule has 0 spiro atoms. The maximum absolute atomic E-state index is 13.5. The van der Waals surface area contributed by atoms with E-state index in [2.05, 4.69) is 12.2 Å². The Morgan fingerprint density at radius 1 is 1.10 bits per heavy atom. The van der Waals surface area contributed by atoms with E-state index < -0.39 is 0 Å². The zero-order valence-corrected chi connectivity index (χ0v) is 12.8. The molecule has 2 rings (SSSR count). The van der Waals surface area contributed by atoms with Crippen LogP contribution in [0, 0.1) is 5.82 Å². The second-order valence-corrected chi connectivity index (χ2v) is 5.02. The van der Waals surface area contributed by atoms with E-state index >= 15 is 0 Å². The lowest BCUT2D eigenvalue weighted by atomic mass is 10.1. The monoisotopic (exact) mass is 287 g/mol. The molecule has 0 aliphatic heterocycles. The molecule has 1 unspecified atom stereocenters. The van der Waals surface area contributed by atoms with Crippen LogP contribution < -0.4 is 10.1 Å². The van der Waals surface area contributed by atoms with Crippen LogP contribution in [0.2, 0.25) is 0 Å². The molecule has 112 valence electrons. The Labute approximate surface area is 126 Å². The Bertz CT molecular complexity index is 598. The van der Waals surface area contributed by atoms with Gasteiger partial charge in [-0.3, -0.25) is 0 Å². The molecule has 0 aromatic heterocycles. The van der Waals surface area contributed by atoms with Gasteiger partial charge in [-0.05, 0) is 49.7 Å². The normalized spacial score (nSPS) is 12.2. The highest BCUT2D eigenvalue weighted by atomic mass is 19.1. The van der Waals surface area contributed by atoms with Crippen molar-refractivity contribution in [2.45, 2.75) is 33.2 Å². The third-order valence-electron chi connectivity index (χ3n) is 3.52. The van der Waals surface area contributed by atoms with Crippen molar-refractivity contribution < 1.29 is 9.13 Å². The van der Waals surface area contributed by atoms with E-state index in [1.165, 1.54) is 12.1 Å². The van der Waals surface area contributed by atoms with Gasteiger partial charge in [0.15, 0.2) is 0 Å². The van der Waals surface area contributed by atoms with Crippen molar-refractivity contribution in [2.75, 3.05) is 6.54 Å². The van der Waals surface area contributed by atoms with Crippen LogP contribution in [-0.2, 0) is 6.42 Å². The molecular formula is C18H22FNO. The lowest BCUT2D eigenvalue weighted by Gasteiger charge is -2.18. The minimum Gasteiger partial charge on any atom is -0.457 e. The second-order valence-electron chi connectivity index (χ2n) is 5.02. The molecule has 0 bridgehead atoms. The summed E-state index contributed by atoms with van der Waals surface area (Å²) >= 11 is 0. The van der Waals surface area contributed by atoms with Crippen molar-refractivity contribution >= 4 is 0 Å². The van der Waals surface area contributed by atoms with Crippen LogP contribution in [0.3, 0.4) is 0 Å². The van der Waals surface area contributed by atoms with E-state index in [0.29, 0.717) is 5.75 Å². The highest BCUT2D eigenvalue weighted by Crippen LogP contribution is 2.32. The summed E-state index contributed by atoms with van der Waals surface area (Å²) in [7, 11) is 0. The van der Waals surface area contributed by atoms with Gasteiger partial charge in [0.25, 0.3) is 0 Å². The van der Waals surface area contributed by atoms with Gasteiger partial charge in [0, 0.05) is 11.6 Å². The first kappa shape index (κ1) is 15.5. The van der Waals surface area contributed by atoms with Gasteiger partial charge in [0.05, 0.1) is 0 Å². The molecule has 0 saturated carbocycles. The number of benzene rings is 2. The fourth-order valence-corrected chi connectivity index (χ4v) is 2.38. The maximum Gasteiger partial charge on any atom is 0.132 e. The lowest BCUT2D eigenvalue weighted by Crippen LogP contribution is -2.18. The van der Waals surface area contributed by atoms with Gasteiger partial charge in [-0.15, -0.1) is 0 Å². The van der Waals surface area contributed by atoms with E-state index in [1.54, 1.807) is 6.07 Å². The molecule has 21 heavy (non-hydrogen) atoms. The average molecular weight is 287 g/mol. The highest BCUT2D eigenvalue weighted by Gasteiger charge is 2.14. The van der Waals surface area contributed by atoms with Gasteiger partial charge in [-0.2, -0.15) is 0 Å². The molecule has 1 atom stereocenters. The topological polar surface area (TPSA) is 21.3 Å². The molecule has 0 heterocycles. The Hall–Kier alpha value is -1.87. The molecule has 2 nitrogen and oxygen atoms in total. The van der Waals surface area contributed by atoms with Gasteiger partial charge in [0.1, 0.15) is 17.3 Å². The molecule has 0 aliphatic rings. The summed E-state index contributed by atoms with van der Waals surface area (Å²) in [4.78, 5) is 0. The maximum atomic E-state index is 13.5. The Morgan fingerprint density at radius 3 is 2.57 bits per heavy atom. The van der Waals surface area contributed by atoms with Gasteiger partial charge in [0.2, 0.25) is 0 Å². The van der Waals surface area contributed by atoms with Gasteiger partial charge in [-0.25, -0.2) is 4.39 Å². The second kappa shape index (κ2) is 7.23. The number of para-hydroxylation sites is 1. The SMILES string of the molecule is CCNC(C)c1cc(F)ccc1Oc1ccccc1CC. The van der Waals surface area contributed by atoms with E-state index in [9.17, 15) is 4.39 Å². The predicted molar refractivity (Wildman–Crippen MR) is 84.4 cm³/mol. The Kier molecular flexibility index (Phi) is 5.34. The standard InChI is InChI=1S/C18H22FNO/c1-4-14-8-6-7-9-17(14)21-18-11-10-15(19)12-16(18)13(3)20-5-2/h6-13,20H,4-5H2,1-3H3. The summed E-state index contributed by atoms with van der Waals surface area (Å²) in [5.41, 5.74) is 1.98. The number of rotatable bonds is 6. The van der Waals surface area contributed by atoms with Crippen LogP contribution >= 0.6 is 0 Å². The summed E-state index contributed by atoms with van der Waals surface area (Å²) in [5.74, 6) is 1.29. The first-order valence-electron chi connectivity index (χ1n) is 7.44. The molecule has 3 heteroatoms. The zero-order chi connectivity index (χ0) is 15.2. The number of ether oxygens (including phenoxy) is 1. The molecule has 0 fully saturated rings. The molecule has 1 N–H and O–H groups in total. The number of aryl methyl sites for hydroxylation is 1. The highest BCUT2D eigenvalue weighted by molar-refractivity contribution is 5.42. The van der Waals surface area contributed by atoms with Crippen LogP contribution in [0.25, 0.3) is 0 Å². The van der Waals surface area contributed by atoms with Crippen LogP contribution in [0.15, 0.2) is 42.5 Å². The van der Waals surface area contributed by atoms with E-state index in [-0.39, 0.29) is 11.9 Å². The molecule has 0 radical (unpaired) electrons. The minimum atomic E-state index is -0.245. The van der Waals surface area contributed by atoms with E-state index in [0.717, 1.165) is 29.8 Å². The number of hydrogen-bond acceptors (Lipinski definition) is 2. The summed E-state index contributed by atoms with van der Waals surface area (Å²) in [5, 5.41) is 3.30. The minimum absolute atomic E-state index is 0.0366. The van der Waals surface area contributed by atoms with Crippen molar-refractivity contribution in [3.8, 4) is 11.5 Å². The van der Waals surface area contributed by atoms with Gasteiger partial charge in [-0.1, -0.05) is 32.0 Å². The molecule has 0 aliphatic carbocycles. The quantitative estimate of drug-likeness (QED) is 0.820. The third kappa shape index (κ3) is 3.82. The summed E-state index contributed by atoms with van der Waals surface area (Å²) in [6, 6.07) is 12.7. The van der Waals surface area contributed by atoms with Crippen molar-refractivity contribution in [2.24, 2.45) is 0 Å². The average Bonchev–Trinajstić information content (AvgIpc) is 2.49. The first-order chi connectivity index (χ1) is 10.2. The fraction of sp³-hybridized carbons (Fsp3) is 0.333. The summed E-state index contributed by atoms with van der Waals surface area (Å²) < 4.78 is 19.6. The first-order valence-corrected chi connectivity index (χ1v) is 7.44. The van der Waals surface area contributed by atoms with Crippen LogP contribution in [-0.4, -0.2) is 6.54 Å². The van der Waals surface area contributed by atoms with Crippen molar-refractivity contribution in [1.82, 2.24) is 5.32 Å². The molecule has 0 amide bonds. The van der Waals surface area contributed by atoms with Crippen molar-refractivity contribution in [3.05, 3.63) is 59.4 Å². The smallest absolute Gasteiger partial charge is 0.132 e. The number of halogens is 1. The zero-order valence-electron chi connectivity index (χ0n) is 12.8. The van der Waals surface area contributed by atoms with E-state index in [4.69, 9.17) is 4.74 Å². The predicted octanol–water partition coefficient (Wildman–Crippen LogP) is 4.85. The third-order valence-corrected chi connectivity index (χ3v) is 3.52. The lowest BCUT2D eigenvalue weighted by molar-refractivity contribution is 0.455. The van der Waals surface area contributed by atoms with E-state index in [1.807, 2.05) is 38.1 Å². The van der Waals surface area contributed by atoms with Crippen molar-refractivity contribution in [3.63, 3.8) is 0 Å².